The second kappa shape index (κ2) is 4.75. The molecule has 0 aliphatic heterocycles. The fourth-order valence-electron chi connectivity index (χ4n) is 1.20. The van der Waals surface area contributed by atoms with Gasteiger partial charge in [0, 0.05) is 19.3 Å². The van der Waals surface area contributed by atoms with E-state index in [4.69, 9.17) is 4.42 Å². The third kappa shape index (κ3) is 2.57. The van der Waals surface area contributed by atoms with Crippen LogP contribution in [0.1, 0.15) is 12.8 Å². The molecule has 0 radical (unpaired) electrons. The first-order valence-corrected chi connectivity index (χ1v) is 5.07. The molecule has 0 aliphatic carbocycles. The van der Waals surface area contributed by atoms with Crippen molar-refractivity contribution in [3.05, 3.63) is 18.2 Å². The summed E-state index contributed by atoms with van der Waals surface area (Å²) < 4.78 is 7.05. The molecular weight excluding hydrogens is 208 g/mol. The van der Waals surface area contributed by atoms with Crippen LogP contribution in [-0.4, -0.2) is 26.5 Å². The number of hydrogen-bond acceptors (Lipinski definition) is 6. The molecule has 0 spiro atoms. The summed E-state index contributed by atoms with van der Waals surface area (Å²) in [5.41, 5.74) is 0. The first-order chi connectivity index (χ1) is 7.78. The molecule has 0 unspecified atom stereocenters. The maximum absolute atomic E-state index is 5.35. The molecule has 86 valence electrons. The van der Waals surface area contributed by atoms with Crippen LogP contribution in [0.15, 0.2) is 16.7 Å². The van der Waals surface area contributed by atoms with Crippen molar-refractivity contribution in [3.63, 3.8) is 0 Å². The maximum atomic E-state index is 5.35. The number of anilines is 2. The van der Waals surface area contributed by atoms with Crippen LogP contribution in [0.25, 0.3) is 0 Å². The molecular formula is C9H14N6O. The van der Waals surface area contributed by atoms with E-state index in [9.17, 15) is 0 Å². The summed E-state index contributed by atoms with van der Waals surface area (Å²) in [5, 5.41) is 17.9. The highest BCUT2D eigenvalue weighted by atomic mass is 16.4. The third-order valence-corrected chi connectivity index (χ3v) is 1.94. The second-order valence-corrected chi connectivity index (χ2v) is 3.28. The van der Waals surface area contributed by atoms with Crippen molar-refractivity contribution in [1.82, 2.24) is 25.3 Å². The Balaban J connectivity index is 1.97. The largest absolute Gasteiger partial charge is 0.406 e. The van der Waals surface area contributed by atoms with E-state index in [0.29, 0.717) is 24.3 Å². The molecule has 2 heterocycles. The van der Waals surface area contributed by atoms with Crippen molar-refractivity contribution >= 4 is 11.8 Å². The van der Waals surface area contributed by atoms with Crippen molar-refractivity contribution < 1.29 is 4.42 Å². The summed E-state index contributed by atoms with van der Waals surface area (Å²) in [7, 11) is 1.84. The molecule has 0 amide bonds. The van der Waals surface area contributed by atoms with Gasteiger partial charge in [0.1, 0.15) is 0 Å². The van der Waals surface area contributed by atoms with Gasteiger partial charge in [-0.2, -0.15) is 5.10 Å². The van der Waals surface area contributed by atoms with E-state index in [2.05, 4.69) is 25.9 Å². The lowest BCUT2D eigenvalue weighted by molar-refractivity contribution is 0.484. The SMILES string of the molecule is CCNCc1nnc(Nc2ccn(C)n2)o1. The number of nitrogens with zero attached hydrogens (tertiary/aromatic N) is 4. The number of aryl methyl sites for hydroxylation is 1. The number of aromatic nitrogens is 4. The van der Waals surface area contributed by atoms with Gasteiger partial charge in [-0.05, 0) is 6.54 Å². The van der Waals surface area contributed by atoms with Crippen LogP contribution in [0.4, 0.5) is 11.8 Å². The lowest BCUT2D eigenvalue weighted by Crippen LogP contribution is -2.11. The van der Waals surface area contributed by atoms with Crippen molar-refractivity contribution in [2.45, 2.75) is 13.5 Å². The molecule has 2 N–H and O–H groups in total. The highest BCUT2D eigenvalue weighted by Crippen LogP contribution is 2.12. The smallest absolute Gasteiger partial charge is 0.321 e. The van der Waals surface area contributed by atoms with E-state index in [1.54, 1.807) is 4.68 Å². The van der Waals surface area contributed by atoms with Crippen molar-refractivity contribution in [2.24, 2.45) is 7.05 Å². The minimum atomic E-state index is 0.353. The van der Waals surface area contributed by atoms with Crippen LogP contribution in [0.5, 0.6) is 0 Å². The fraction of sp³-hybridized carbons (Fsp3) is 0.444. The molecule has 0 saturated heterocycles. The van der Waals surface area contributed by atoms with Gasteiger partial charge >= 0.3 is 6.01 Å². The summed E-state index contributed by atoms with van der Waals surface area (Å²) in [6.45, 7) is 3.46. The fourth-order valence-corrected chi connectivity index (χ4v) is 1.20. The van der Waals surface area contributed by atoms with Gasteiger partial charge in [-0.25, -0.2) is 0 Å². The Morgan fingerprint density at radius 2 is 2.31 bits per heavy atom. The monoisotopic (exact) mass is 222 g/mol. The Hall–Kier alpha value is -1.89. The van der Waals surface area contributed by atoms with Gasteiger partial charge < -0.3 is 9.73 Å². The summed E-state index contributed by atoms with van der Waals surface area (Å²) in [6, 6.07) is 2.18. The molecule has 0 saturated carbocycles. The molecule has 0 bridgehead atoms. The molecule has 7 nitrogen and oxygen atoms in total. The van der Waals surface area contributed by atoms with Crippen molar-refractivity contribution in [1.29, 1.82) is 0 Å². The zero-order valence-corrected chi connectivity index (χ0v) is 9.27. The number of hydrogen-bond donors (Lipinski definition) is 2. The van der Waals surface area contributed by atoms with Crippen LogP contribution >= 0.6 is 0 Å². The standard InChI is InChI=1S/C9H14N6O/c1-3-10-6-8-12-13-9(16-8)11-7-4-5-15(2)14-7/h4-5,10H,3,6H2,1-2H3,(H,11,13,14). The maximum Gasteiger partial charge on any atom is 0.321 e. The van der Waals surface area contributed by atoms with Crippen LogP contribution in [0.3, 0.4) is 0 Å². The van der Waals surface area contributed by atoms with Gasteiger partial charge in [-0.15, -0.1) is 5.10 Å². The Bertz CT molecular complexity index is 448. The average Bonchev–Trinajstić information content (AvgIpc) is 2.86. The van der Waals surface area contributed by atoms with Gasteiger partial charge in [-0.1, -0.05) is 12.0 Å². The van der Waals surface area contributed by atoms with Gasteiger partial charge in [-0.3, -0.25) is 10.00 Å². The zero-order valence-electron chi connectivity index (χ0n) is 9.27. The molecule has 2 aromatic rings. The topological polar surface area (TPSA) is 80.8 Å². The molecule has 7 heteroatoms. The molecule has 0 fully saturated rings. The number of rotatable bonds is 5. The predicted molar refractivity (Wildman–Crippen MR) is 58.2 cm³/mol. The second-order valence-electron chi connectivity index (χ2n) is 3.28. The Labute approximate surface area is 92.9 Å². The Morgan fingerprint density at radius 3 is 3.00 bits per heavy atom. The highest BCUT2D eigenvalue weighted by Gasteiger charge is 2.06. The Kier molecular flexibility index (Phi) is 3.16. The van der Waals surface area contributed by atoms with E-state index in [1.807, 2.05) is 26.2 Å². The van der Waals surface area contributed by atoms with E-state index in [-0.39, 0.29) is 0 Å². The highest BCUT2D eigenvalue weighted by molar-refractivity contribution is 5.44. The molecule has 0 atom stereocenters. The normalized spacial score (nSPS) is 10.6. The molecule has 16 heavy (non-hydrogen) atoms. The van der Waals surface area contributed by atoms with Crippen LogP contribution < -0.4 is 10.6 Å². The van der Waals surface area contributed by atoms with Gasteiger partial charge in [0.2, 0.25) is 5.89 Å². The summed E-state index contributed by atoms with van der Waals surface area (Å²) in [5.74, 6) is 1.24. The first kappa shape index (κ1) is 10.6. The minimum Gasteiger partial charge on any atom is -0.406 e. The average molecular weight is 222 g/mol. The van der Waals surface area contributed by atoms with Crippen molar-refractivity contribution in [3.8, 4) is 0 Å². The summed E-state index contributed by atoms with van der Waals surface area (Å²) >= 11 is 0. The van der Waals surface area contributed by atoms with Gasteiger partial charge in [0.25, 0.3) is 0 Å². The quantitative estimate of drug-likeness (QED) is 0.773. The van der Waals surface area contributed by atoms with E-state index in [0.717, 1.165) is 6.54 Å². The molecule has 0 aromatic carbocycles. The first-order valence-electron chi connectivity index (χ1n) is 5.07. The van der Waals surface area contributed by atoms with Gasteiger partial charge in [0.05, 0.1) is 6.54 Å². The number of nitrogens with one attached hydrogen (secondary N) is 2. The lowest BCUT2D eigenvalue weighted by atomic mass is 10.6. The Morgan fingerprint density at radius 1 is 1.44 bits per heavy atom. The molecule has 2 rings (SSSR count). The molecule has 0 aliphatic rings. The molecule has 2 aromatic heterocycles. The third-order valence-electron chi connectivity index (χ3n) is 1.94. The predicted octanol–water partition coefficient (Wildman–Crippen LogP) is 0.656. The van der Waals surface area contributed by atoms with Crippen LogP contribution in [-0.2, 0) is 13.6 Å². The summed E-state index contributed by atoms with van der Waals surface area (Å²) in [6.07, 6.45) is 1.83. The zero-order chi connectivity index (χ0) is 11.4. The van der Waals surface area contributed by atoms with E-state index >= 15 is 0 Å². The summed E-state index contributed by atoms with van der Waals surface area (Å²) in [4.78, 5) is 0. The van der Waals surface area contributed by atoms with Crippen molar-refractivity contribution in [2.75, 3.05) is 11.9 Å². The lowest BCUT2D eigenvalue weighted by Gasteiger charge is -1.95. The van der Waals surface area contributed by atoms with Gasteiger partial charge in [0.15, 0.2) is 5.82 Å². The van der Waals surface area contributed by atoms with E-state index in [1.165, 1.54) is 0 Å². The van der Waals surface area contributed by atoms with E-state index < -0.39 is 0 Å². The minimum absolute atomic E-state index is 0.353. The van der Waals surface area contributed by atoms with Crippen LogP contribution in [0.2, 0.25) is 0 Å². The van der Waals surface area contributed by atoms with Crippen LogP contribution in [0, 0.1) is 0 Å².